The van der Waals surface area contributed by atoms with Gasteiger partial charge in [0.25, 0.3) is 0 Å². The molecule has 0 aliphatic carbocycles. The van der Waals surface area contributed by atoms with Crippen molar-refractivity contribution in [1.82, 2.24) is 4.90 Å². The van der Waals surface area contributed by atoms with Gasteiger partial charge in [0.2, 0.25) is 0 Å². The minimum Gasteiger partial charge on any atom is -0.481 e. The molecule has 5 nitrogen and oxygen atoms in total. The Morgan fingerprint density at radius 3 is 2.04 bits per heavy atom. The number of aliphatic carboxylic acids is 1. The van der Waals surface area contributed by atoms with E-state index in [1.807, 2.05) is 60.7 Å². The Labute approximate surface area is 160 Å². The first-order valence-corrected chi connectivity index (χ1v) is 11.1. The van der Waals surface area contributed by atoms with E-state index in [0.29, 0.717) is 19.4 Å². The van der Waals surface area contributed by atoms with Gasteiger partial charge in [-0.1, -0.05) is 60.7 Å². The molecule has 0 unspecified atom stereocenters. The topological polar surface area (TPSA) is 74.7 Å². The van der Waals surface area contributed by atoms with E-state index in [0.717, 1.165) is 11.1 Å². The van der Waals surface area contributed by atoms with Gasteiger partial charge in [-0.15, -0.1) is 0 Å². The highest BCUT2D eigenvalue weighted by atomic mass is 32.2. The van der Waals surface area contributed by atoms with E-state index < -0.39 is 15.8 Å². The van der Waals surface area contributed by atoms with Gasteiger partial charge in [-0.3, -0.25) is 9.69 Å². The van der Waals surface area contributed by atoms with Crippen LogP contribution in [0.3, 0.4) is 0 Å². The van der Waals surface area contributed by atoms with Crippen molar-refractivity contribution in [3.8, 4) is 0 Å². The molecule has 2 aromatic carbocycles. The summed E-state index contributed by atoms with van der Waals surface area (Å²) in [4.78, 5) is 13.2. The van der Waals surface area contributed by atoms with Gasteiger partial charge in [-0.2, -0.15) is 0 Å². The second-order valence-electron chi connectivity index (χ2n) is 7.02. The number of hydrogen-bond donors (Lipinski definition) is 1. The van der Waals surface area contributed by atoms with Crippen LogP contribution in [0.25, 0.3) is 0 Å². The smallest absolute Gasteiger partial charge is 0.303 e. The van der Waals surface area contributed by atoms with Gasteiger partial charge in [-0.05, 0) is 30.5 Å². The minimum absolute atomic E-state index is 0.0757. The lowest BCUT2D eigenvalue weighted by atomic mass is 9.95. The molecular formula is C21H25NO4S. The van der Waals surface area contributed by atoms with Gasteiger partial charge >= 0.3 is 5.97 Å². The molecule has 1 fully saturated rings. The number of rotatable bonds is 8. The zero-order valence-electron chi connectivity index (χ0n) is 15.2. The molecule has 1 aliphatic heterocycles. The summed E-state index contributed by atoms with van der Waals surface area (Å²) in [6.45, 7) is 0.543. The maximum atomic E-state index is 12.1. The highest BCUT2D eigenvalue weighted by molar-refractivity contribution is 7.91. The minimum atomic E-state index is -3.04. The van der Waals surface area contributed by atoms with E-state index in [9.17, 15) is 13.2 Å². The molecule has 0 radical (unpaired) electrons. The van der Waals surface area contributed by atoms with E-state index in [-0.39, 0.29) is 30.0 Å². The van der Waals surface area contributed by atoms with Gasteiger partial charge in [0.05, 0.1) is 17.5 Å². The van der Waals surface area contributed by atoms with Crippen molar-refractivity contribution in [2.75, 3.05) is 18.1 Å². The first kappa shape index (κ1) is 19.6. The fourth-order valence-electron chi connectivity index (χ4n) is 3.82. The number of nitrogens with zero attached hydrogens (tertiary/aromatic N) is 1. The Hall–Kier alpha value is -2.18. The second-order valence-corrected chi connectivity index (χ2v) is 9.24. The summed E-state index contributed by atoms with van der Waals surface area (Å²) < 4.78 is 24.2. The van der Waals surface area contributed by atoms with E-state index in [1.165, 1.54) is 0 Å². The zero-order chi connectivity index (χ0) is 19.3. The molecule has 0 saturated carbocycles. The van der Waals surface area contributed by atoms with E-state index >= 15 is 0 Å². The van der Waals surface area contributed by atoms with Crippen LogP contribution in [-0.4, -0.2) is 48.5 Å². The van der Waals surface area contributed by atoms with Gasteiger partial charge in [-0.25, -0.2) is 8.42 Å². The molecule has 144 valence electrons. The second kappa shape index (κ2) is 8.67. The fourth-order valence-corrected chi connectivity index (χ4v) is 5.56. The van der Waals surface area contributed by atoms with Crippen LogP contribution in [0, 0.1) is 0 Å². The van der Waals surface area contributed by atoms with Crippen molar-refractivity contribution >= 4 is 15.8 Å². The maximum Gasteiger partial charge on any atom is 0.303 e. The average Bonchev–Trinajstić information content (AvgIpc) is 3.02. The van der Waals surface area contributed by atoms with Crippen LogP contribution in [0.4, 0.5) is 0 Å². The van der Waals surface area contributed by atoms with Crippen LogP contribution in [0.1, 0.15) is 36.4 Å². The third-order valence-corrected chi connectivity index (χ3v) is 6.80. The van der Waals surface area contributed by atoms with Gasteiger partial charge in [0.15, 0.2) is 9.84 Å². The molecular weight excluding hydrogens is 362 g/mol. The molecule has 1 aliphatic rings. The fraction of sp³-hybridized carbons (Fsp3) is 0.381. The first-order chi connectivity index (χ1) is 13.0. The van der Waals surface area contributed by atoms with Crippen molar-refractivity contribution < 1.29 is 18.3 Å². The number of hydrogen-bond acceptors (Lipinski definition) is 4. The largest absolute Gasteiger partial charge is 0.481 e. The molecule has 3 rings (SSSR count). The first-order valence-electron chi connectivity index (χ1n) is 9.24. The number of carbonyl (C=O) groups is 1. The summed E-state index contributed by atoms with van der Waals surface area (Å²) in [5, 5.41) is 9.03. The van der Waals surface area contributed by atoms with E-state index in [1.54, 1.807) is 0 Å². The van der Waals surface area contributed by atoms with Crippen molar-refractivity contribution in [3.63, 3.8) is 0 Å². The van der Waals surface area contributed by atoms with E-state index in [2.05, 4.69) is 4.90 Å². The summed E-state index contributed by atoms with van der Waals surface area (Å²) >= 11 is 0. The van der Waals surface area contributed by atoms with Gasteiger partial charge in [0.1, 0.15) is 0 Å². The van der Waals surface area contributed by atoms with Crippen LogP contribution in [-0.2, 0) is 14.6 Å². The van der Waals surface area contributed by atoms with Crippen LogP contribution < -0.4 is 0 Å². The predicted molar refractivity (Wildman–Crippen MR) is 105 cm³/mol. The predicted octanol–water partition coefficient (Wildman–Crippen LogP) is 3.13. The summed E-state index contributed by atoms with van der Waals surface area (Å²) in [6, 6.07) is 19.8. The number of carboxylic acid groups (broad SMARTS) is 1. The third kappa shape index (κ3) is 5.17. The number of benzene rings is 2. The number of sulfone groups is 1. The lowest BCUT2D eigenvalue weighted by Gasteiger charge is -2.36. The summed E-state index contributed by atoms with van der Waals surface area (Å²) in [5.41, 5.74) is 2.17. The van der Waals surface area contributed by atoms with Crippen LogP contribution >= 0.6 is 0 Å². The molecule has 1 atom stereocenters. The number of carboxylic acids is 1. The SMILES string of the molecule is O=C(O)CCCN(C(c1ccccc1)c1ccccc1)[C@@H]1CCS(=O)(=O)C1. The summed E-state index contributed by atoms with van der Waals surface area (Å²) in [6.07, 6.45) is 1.15. The normalized spacial score (nSPS) is 18.8. The Kier molecular flexibility index (Phi) is 6.29. The lowest BCUT2D eigenvalue weighted by Crippen LogP contribution is -2.40. The summed E-state index contributed by atoms with van der Waals surface area (Å²) in [5.74, 6) is -0.496. The van der Waals surface area contributed by atoms with Gasteiger partial charge in [0, 0.05) is 12.5 Å². The molecule has 0 aromatic heterocycles. The lowest BCUT2D eigenvalue weighted by molar-refractivity contribution is -0.137. The highest BCUT2D eigenvalue weighted by Crippen LogP contribution is 2.33. The molecule has 1 saturated heterocycles. The Balaban J connectivity index is 1.97. The Bertz CT molecular complexity index is 813. The monoisotopic (exact) mass is 387 g/mol. The van der Waals surface area contributed by atoms with Crippen LogP contribution in [0.5, 0.6) is 0 Å². The van der Waals surface area contributed by atoms with E-state index in [4.69, 9.17) is 5.11 Å². The quantitative estimate of drug-likeness (QED) is 0.753. The van der Waals surface area contributed by atoms with Crippen molar-refractivity contribution in [2.45, 2.75) is 31.3 Å². The summed E-state index contributed by atoms with van der Waals surface area (Å²) in [7, 11) is -3.04. The maximum absolute atomic E-state index is 12.1. The molecule has 0 bridgehead atoms. The Morgan fingerprint density at radius 2 is 1.59 bits per heavy atom. The molecule has 27 heavy (non-hydrogen) atoms. The molecule has 6 heteroatoms. The third-order valence-electron chi connectivity index (χ3n) is 5.05. The molecule has 1 N–H and O–H groups in total. The Morgan fingerprint density at radius 1 is 1.04 bits per heavy atom. The van der Waals surface area contributed by atoms with Crippen LogP contribution in [0.2, 0.25) is 0 Å². The van der Waals surface area contributed by atoms with Crippen molar-refractivity contribution in [1.29, 1.82) is 0 Å². The standard InChI is InChI=1S/C21H25NO4S/c23-20(24)12-7-14-22(19-13-15-27(25,26)16-19)21(17-8-3-1-4-9-17)18-10-5-2-6-11-18/h1-6,8-11,19,21H,7,12-16H2,(H,23,24)/t19-/m1/s1. The van der Waals surface area contributed by atoms with Crippen LogP contribution in [0.15, 0.2) is 60.7 Å². The van der Waals surface area contributed by atoms with Crippen molar-refractivity contribution in [3.05, 3.63) is 71.8 Å². The molecule has 0 amide bonds. The average molecular weight is 388 g/mol. The molecule has 1 heterocycles. The zero-order valence-corrected chi connectivity index (χ0v) is 16.0. The van der Waals surface area contributed by atoms with Gasteiger partial charge < -0.3 is 5.11 Å². The highest BCUT2D eigenvalue weighted by Gasteiger charge is 2.36. The molecule has 2 aromatic rings. The van der Waals surface area contributed by atoms with Crippen molar-refractivity contribution in [2.24, 2.45) is 0 Å². The molecule has 0 spiro atoms.